The average Bonchev–Trinajstić information content (AvgIpc) is 2.09. The van der Waals surface area contributed by atoms with Gasteiger partial charge in [0.2, 0.25) is 0 Å². The van der Waals surface area contributed by atoms with Gasteiger partial charge in [-0.1, -0.05) is 11.6 Å². The Morgan fingerprint density at radius 1 is 1.36 bits per heavy atom. The lowest BCUT2D eigenvalue weighted by molar-refractivity contribution is 0.130. The number of nitrogens with one attached hydrogen (secondary N) is 1. The largest absolute Gasteiger partial charge is 0.482 e. The molecule has 0 aromatic heterocycles. The molecule has 5 heteroatoms. The van der Waals surface area contributed by atoms with Crippen LogP contribution in [0.2, 0.25) is 5.02 Å². The van der Waals surface area contributed by atoms with Crippen LogP contribution in [0, 0.1) is 11.6 Å². The Balaban J connectivity index is 2.25. The van der Waals surface area contributed by atoms with Crippen LogP contribution in [0.5, 0.6) is 5.75 Å². The Hall–Kier alpha value is -0.870. The molecule has 1 aliphatic rings. The Kier molecular flexibility index (Phi) is 2.56. The molecule has 0 atom stereocenters. The van der Waals surface area contributed by atoms with E-state index in [-0.39, 0.29) is 16.9 Å². The van der Waals surface area contributed by atoms with E-state index < -0.39 is 11.6 Å². The summed E-state index contributed by atoms with van der Waals surface area (Å²) in [6.45, 7) is 1.21. The topological polar surface area (TPSA) is 21.3 Å². The summed E-state index contributed by atoms with van der Waals surface area (Å²) in [5.74, 6) is -1.94. The SMILES string of the molecule is Fc1ccc(Cl)c(F)c1OC1CNC1. The number of halogens is 3. The molecule has 2 rings (SSSR count). The molecule has 1 saturated heterocycles. The molecule has 76 valence electrons. The van der Waals surface area contributed by atoms with Crippen LogP contribution < -0.4 is 10.1 Å². The monoisotopic (exact) mass is 219 g/mol. The molecule has 1 heterocycles. The quantitative estimate of drug-likeness (QED) is 0.768. The Labute approximate surface area is 84.8 Å². The maximum Gasteiger partial charge on any atom is 0.192 e. The van der Waals surface area contributed by atoms with Gasteiger partial charge in [-0.2, -0.15) is 0 Å². The van der Waals surface area contributed by atoms with Crippen molar-refractivity contribution in [1.29, 1.82) is 0 Å². The first kappa shape index (κ1) is 9.68. The summed E-state index contributed by atoms with van der Waals surface area (Å²) in [6, 6.07) is 2.25. The molecule has 1 aromatic rings. The van der Waals surface area contributed by atoms with Crippen LogP contribution in [-0.2, 0) is 0 Å². The van der Waals surface area contributed by atoms with Gasteiger partial charge in [-0.05, 0) is 12.1 Å². The maximum absolute atomic E-state index is 13.3. The van der Waals surface area contributed by atoms with Gasteiger partial charge < -0.3 is 10.1 Å². The van der Waals surface area contributed by atoms with E-state index in [1.54, 1.807) is 0 Å². The number of hydrogen-bond donors (Lipinski definition) is 1. The van der Waals surface area contributed by atoms with Crippen molar-refractivity contribution < 1.29 is 13.5 Å². The van der Waals surface area contributed by atoms with Gasteiger partial charge in [0.25, 0.3) is 0 Å². The van der Waals surface area contributed by atoms with E-state index in [9.17, 15) is 8.78 Å². The molecule has 1 aliphatic heterocycles. The minimum atomic E-state index is -0.835. The van der Waals surface area contributed by atoms with Crippen LogP contribution in [0.15, 0.2) is 12.1 Å². The highest BCUT2D eigenvalue weighted by molar-refractivity contribution is 6.30. The average molecular weight is 220 g/mol. The van der Waals surface area contributed by atoms with Crippen molar-refractivity contribution in [2.45, 2.75) is 6.10 Å². The lowest BCUT2D eigenvalue weighted by atomic mass is 10.2. The third kappa shape index (κ3) is 1.67. The first-order valence-electron chi connectivity index (χ1n) is 4.19. The molecule has 0 amide bonds. The van der Waals surface area contributed by atoms with E-state index in [1.165, 1.54) is 0 Å². The lowest BCUT2D eigenvalue weighted by Crippen LogP contribution is -2.50. The van der Waals surface area contributed by atoms with Crippen LogP contribution in [0.1, 0.15) is 0 Å². The molecule has 1 N–H and O–H groups in total. The fraction of sp³-hybridized carbons (Fsp3) is 0.333. The zero-order valence-electron chi connectivity index (χ0n) is 7.19. The number of hydrogen-bond acceptors (Lipinski definition) is 2. The van der Waals surface area contributed by atoms with E-state index in [0.717, 1.165) is 12.1 Å². The molecule has 0 spiro atoms. The summed E-state index contributed by atoms with van der Waals surface area (Å²) in [5, 5.41) is 2.80. The number of rotatable bonds is 2. The van der Waals surface area contributed by atoms with Crippen LogP contribution in [0.3, 0.4) is 0 Å². The fourth-order valence-electron chi connectivity index (χ4n) is 1.13. The normalized spacial score (nSPS) is 16.5. The van der Waals surface area contributed by atoms with Gasteiger partial charge in [-0.25, -0.2) is 8.78 Å². The molecule has 0 bridgehead atoms. The van der Waals surface area contributed by atoms with Gasteiger partial charge in [-0.3, -0.25) is 0 Å². The summed E-state index contributed by atoms with van der Waals surface area (Å²) >= 11 is 5.49. The van der Waals surface area contributed by atoms with E-state index in [1.807, 2.05) is 0 Å². The Morgan fingerprint density at radius 3 is 2.64 bits per heavy atom. The first-order valence-corrected chi connectivity index (χ1v) is 4.57. The van der Waals surface area contributed by atoms with E-state index in [4.69, 9.17) is 16.3 Å². The highest BCUT2D eigenvalue weighted by Crippen LogP contribution is 2.28. The van der Waals surface area contributed by atoms with Gasteiger partial charge in [0, 0.05) is 13.1 Å². The van der Waals surface area contributed by atoms with E-state index >= 15 is 0 Å². The second kappa shape index (κ2) is 3.71. The smallest absolute Gasteiger partial charge is 0.192 e. The highest BCUT2D eigenvalue weighted by atomic mass is 35.5. The third-order valence-corrected chi connectivity index (χ3v) is 2.32. The fourth-order valence-corrected chi connectivity index (χ4v) is 1.28. The zero-order chi connectivity index (χ0) is 10.1. The minimum Gasteiger partial charge on any atom is -0.482 e. The second-order valence-corrected chi connectivity index (χ2v) is 3.48. The van der Waals surface area contributed by atoms with Crippen molar-refractivity contribution in [2.75, 3.05) is 13.1 Å². The molecule has 1 aromatic carbocycles. The molecule has 0 saturated carbocycles. The molecule has 2 nitrogen and oxygen atoms in total. The molecular weight excluding hydrogens is 212 g/mol. The minimum absolute atomic E-state index is 0.131. The Morgan fingerprint density at radius 2 is 2.07 bits per heavy atom. The van der Waals surface area contributed by atoms with Crippen LogP contribution in [-0.4, -0.2) is 19.2 Å². The van der Waals surface area contributed by atoms with Crippen molar-refractivity contribution in [3.8, 4) is 5.75 Å². The van der Waals surface area contributed by atoms with Crippen molar-refractivity contribution in [2.24, 2.45) is 0 Å². The number of benzene rings is 1. The first-order chi connectivity index (χ1) is 6.68. The predicted molar refractivity (Wildman–Crippen MR) is 48.7 cm³/mol. The van der Waals surface area contributed by atoms with Gasteiger partial charge in [0.15, 0.2) is 17.4 Å². The molecule has 0 radical (unpaired) electrons. The maximum atomic E-state index is 13.3. The zero-order valence-corrected chi connectivity index (χ0v) is 7.94. The summed E-state index contributed by atoms with van der Waals surface area (Å²) in [4.78, 5) is 0. The molecule has 0 unspecified atom stereocenters. The van der Waals surface area contributed by atoms with Gasteiger partial charge >= 0.3 is 0 Å². The van der Waals surface area contributed by atoms with Crippen LogP contribution in [0.25, 0.3) is 0 Å². The van der Waals surface area contributed by atoms with Crippen LogP contribution >= 0.6 is 11.6 Å². The van der Waals surface area contributed by atoms with Crippen molar-refractivity contribution in [1.82, 2.24) is 5.32 Å². The predicted octanol–water partition coefficient (Wildman–Crippen LogP) is 1.97. The summed E-state index contributed by atoms with van der Waals surface area (Å²) < 4.78 is 31.5. The standard InChI is InChI=1S/C9H8ClF2NO/c10-6-1-2-7(11)9(8(6)12)14-5-3-13-4-5/h1-2,5,13H,3-4H2. The second-order valence-electron chi connectivity index (χ2n) is 3.07. The van der Waals surface area contributed by atoms with E-state index in [0.29, 0.717) is 13.1 Å². The summed E-state index contributed by atoms with van der Waals surface area (Å²) in [7, 11) is 0. The lowest BCUT2D eigenvalue weighted by Gasteiger charge is -2.28. The molecule has 1 fully saturated rings. The molecule has 14 heavy (non-hydrogen) atoms. The molecular formula is C9H8ClF2NO. The summed E-state index contributed by atoms with van der Waals surface area (Å²) in [5.41, 5.74) is 0. The van der Waals surface area contributed by atoms with Crippen molar-refractivity contribution >= 4 is 11.6 Å². The van der Waals surface area contributed by atoms with Crippen LogP contribution in [0.4, 0.5) is 8.78 Å². The van der Waals surface area contributed by atoms with Crippen molar-refractivity contribution in [3.05, 3.63) is 28.8 Å². The van der Waals surface area contributed by atoms with Gasteiger partial charge in [0.1, 0.15) is 6.10 Å². The third-order valence-electron chi connectivity index (χ3n) is 2.03. The van der Waals surface area contributed by atoms with E-state index in [2.05, 4.69) is 5.32 Å². The summed E-state index contributed by atoms with van der Waals surface area (Å²) in [6.07, 6.45) is -0.169. The Bertz CT molecular complexity index is 355. The van der Waals surface area contributed by atoms with Crippen molar-refractivity contribution in [3.63, 3.8) is 0 Å². The van der Waals surface area contributed by atoms with Gasteiger partial charge in [-0.15, -0.1) is 0 Å². The highest BCUT2D eigenvalue weighted by Gasteiger charge is 2.23. The number of ether oxygens (including phenoxy) is 1. The van der Waals surface area contributed by atoms with Gasteiger partial charge in [0.05, 0.1) is 5.02 Å². The molecule has 0 aliphatic carbocycles.